The summed E-state index contributed by atoms with van der Waals surface area (Å²) in [5.41, 5.74) is 1.17. The Hall–Kier alpha value is -2.28. The molecule has 7 nitrogen and oxygen atoms in total. The van der Waals surface area contributed by atoms with Crippen molar-refractivity contribution in [3.8, 4) is 11.4 Å². The standard InChI is InChI=1S/C13H16N6O/c1-18-12(20)8-11(10-2-3-15-9-16-10)17-13(18)19-6-4-14-5-7-19/h2-3,8-9,14H,4-7H2,1H3. The fraction of sp³-hybridized carbons (Fsp3) is 0.385. The van der Waals surface area contributed by atoms with Gasteiger partial charge in [-0.3, -0.25) is 9.36 Å². The van der Waals surface area contributed by atoms with Crippen LogP contribution in [0, 0.1) is 0 Å². The van der Waals surface area contributed by atoms with Crippen molar-refractivity contribution < 1.29 is 0 Å². The quantitative estimate of drug-likeness (QED) is 0.805. The van der Waals surface area contributed by atoms with Gasteiger partial charge in [0, 0.05) is 45.5 Å². The van der Waals surface area contributed by atoms with E-state index in [0.717, 1.165) is 26.2 Å². The Kier molecular flexibility index (Phi) is 3.42. The second-order valence-electron chi connectivity index (χ2n) is 4.67. The fourth-order valence-corrected chi connectivity index (χ4v) is 2.25. The molecular weight excluding hydrogens is 256 g/mol. The van der Waals surface area contributed by atoms with Gasteiger partial charge in [0.1, 0.15) is 6.33 Å². The van der Waals surface area contributed by atoms with Gasteiger partial charge in [-0.1, -0.05) is 0 Å². The molecule has 1 aliphatic heterocycles. The lowest BCUT2D eigenvalue weighted by molar-refractivity contribution is 0.568. The van der Waals surface area contributed by atoms with Crippen LogP contribution in [0.2, 0.25) is 0 Å². The number of hydrogen-bond acceptors (Lipinski definition) is 6. The lowest BCUT2D eigenvalue weighted by atomic mass is 10.3. The zero-order valence-corrected chi connectivity index (χ0v) is 11.3. The third-order valence-corrected chi connectivity index (χ3v) is 3.36. The van der Waals surface area contributed by atoms with Gasteiger partial charge in [0.25, 0.3) is 5.56 Å². The normalized spacial score (nSPS) is 15.3. The lowest BCUT2D eigenvalue weighted by Crippen LogP contribution is -2.45. The summed E-state index contributed by atoms with van der Waals surface area (Å²) < 4.78 is 1.58. The van der Waals surface area contributed by atoms with Crippen molar-refractivity contribution in [3.63, 3.8) is 0 Å². The second-order valence-corrected chi connectivity index (χ2v) is 4.67. The number of aromatic nitrogens is 4. The zero-order chi connectivity index (χ0) is 13.9. The smallest absolute Gasteiger partial charge is 0.255 e. The number of anilines is 1. The van der Waals surface area contributed by atoms with Crippen LogP contribution in [0.3, 0.4) is 0 Å². The van der Waals surface area contributed by atoms with Crippen LogP contribution in [-0.4, -0.2) is 45.7 Å². The number of rotatable bonds is 2. The molecule has 2 aromatic rings. The van der Waals surface area contributed by atoms with Crippen LogP contribution in [0.25, 0.3) is 11.4 Å². The number of piperazine rings is 1. The summed E-state index contributed by atoms with van der Waals surface area (Å²) in [5.74, 6) is 0.688. The molecule has 2 aromatic heterocycles. The van der Waals surface area contributed by atoms with E-state index in [-0.39, 0.29) is 5.56 Å². The Morgan fingerprint density at radius 2 is 2.05 bits per heavy atom. The van der Waals surface area contributed by atoms with Gasteiger partial charge in [-0.05, 0) is 6.07 Å². The Balaban J connectivity index is 2.06. The summed E-state index contributed by atoms with van der Waals surface area (Å²) in [6, 6.07) is 3.26. The van der Waals surface area contributed by atoms with Crippen LogP contribution in [0.5, 0.6) is 0 Å². The van der Waals surface area contributed by atoms with Gasteiger partial charge in [0.15, 0.2) is 0 Å². The predicted octanol–water partition coefficient (Wildman–Crippen LogP) is -0.353. The van der Waals surface area contributed by atoms with Crippen molar-refractivity contribution in [3.05, 3.63) is 35.0 Å². The minimum atomic E-state index is -0.0813. The van der Waals surface area contributed by atoms with Gasteiger partial charge in [-0.2, -0.15) is 0 Å². The molecule has 0 aromatic carbocycles. The van der Waals surface area contributed by atoms with Gasteiger partial charge in [-0.25, -0.2) is 15.0 Å². The molecule has 0 saturated carbocycles. The predicted molar refractivity (Wildman–Crippen MR) is 75.6 cm³/mol. The maximum absolute atomic E-state index is 12.1. The van der Waals surface area contributed by atoms with E-state index in [4.69, 9.17) is 0 Å². The van der Waals surface area contributed by atoms with Crippen LogP contribution in [0.15, 0.2) is 29.5 Å². The van der Waals surface area contributed by atoms with Crippen LogP contribution < -0.4 is 15.8 Å². The summed E-state index contributed by atoms with van der Waals surface area (Å²) >= 11 is 0. The molecule has 0 spiro atoms. The Bertz CT molecular complexity index is 648. The molecule has 1 aliphatic rings. The highest BCUT2D eigenvalue weighted by molar-refractivity contribution is 5.55. The van der Waals surface area contributed by atoms with Gasteiger partial charge in [0.05, 0.1) is 11.4 Å². The molecule has 0 amide bonds. The molecule has 1 saturated heterocycles. The van der Waals surface area contributed by atoms with Crippen molar-refractivity contribution >= 4 is 5.95 Å². The van der Waals surface area contributed by atoms with Crippen molar-refractivity contribution in [2.45, 2.75) is 0 Å². The molecule has 3 heterocycles. The summed E-state index contributed by atoms with van der Waals surface area (Å²) in [7, 11) is 1.75. The average Bonchev–Trinajstić information content (AvgIpc) is 2.51. The molecule has 0 atom stereocenters. The Morgan fingerprint density at radius 1 is 1.25 bits per heavy atom. The Morgan fingerprint density at radius 3 is 2.75 bits per heavy atom. The van der Waals surface area contributed by atoms with Crippen LogP contribution in [0.4, 0.5) is 5.95 Å². The largest absolute Gasteiger partial charge is 0.340 e. The highest BCUT2D eigenvalue weighted by Crippen LogP contribution is 2.16. The fourth-order valence-electron chi connectivity index (χ4n) is 2.25. The molecule has 0 aliphatic carbocycles. The van der Waals surface area contributed by atoms with Crippen LogP contribution in [-0.2, 0) is 7.05 Å². The van der Waals surface area contributed by atoms with E-state index in [1.165, 1.54) is 12.4 Å². The maximum atomic E-state index is 12.1. The summed E-state index contributed by atoms with van der Waals surface area (Å²) in [5, 5.41) is 3.29. The van der Waals surface area contributed by atoms with Gasteiger partial charge in [0.2, 0.25) is 5.95 Å². The van der Waals surface area contributed by atoms with E-state index in [9.17, 15) is 4.79 Å². The first-order valence-corrected chi connectivity index (χ1v) is 6.56. The molecular formula is C13H16N6O. The number of nitrogens with one attached hydrogen (secondary N) is 1. The maximum Gasteiger partial charge on any atom is 0.255 e. The van der Waals surface area contributed by atoms with E-state index in [1.807, 2.05) is 0 Å². The molecule has 3 rings (SSSR count). The topological polar surface area (TPSA) is 75.9 Å². The molecule has 104 valence electrons. The number of hydrogen-bond donors (Lipinski definition) is 1. The van der Waals surface area contributed by atoms with E-state index in [0.29, 0.717) is 17.3 Å². The van der Waals surface area contributed by atoms with E-state index >= 15 is 0 Å². The van der Waals surface area contributed by atoms with Gasteiger partial charge < -0.3 is 10.2 Å². The first kappa shape index (κ1) is 12.7. The first-order chi connectivity index (χ1) is 9.75. The zero-order valence-electron chi connectivity index (χ0n) is 11.3. The molecule has 1 fully saturated rings. The second kappa shape index (κ2) is 5.38. The van der Waals surface area contributed by atoms with Crippen molar-refractivity contribution in [2.75, 3.05) is 31.1 Å². The third kappa shape index (κ3) is 2.39. The van der Waals surface area contributed by atoms with E-state index in [1.54, 1.807) is 23.9 Å². The van der Waals surface area contributed by atoms with Crippen molar-refractivity contribution in [1.29, 1.82) is 0 Å². The molecule has 0 unspecified atom stereocenters. The lowest BCUT2D eigenvalue weighted by Gasteiger charge is -2.29. The monoisotopic (exact) mass is 272 g/mol. The highest BCUT2D eigenvalue weighted by atomic mass is 16.1. The van der Waals surface area contributed by atoms with Crippen LogP contribution >= 0.6 is 0 Å². The van der Waals surface area contributed by atoms with Crippen molar-refractivity contribution in [2.24, 2.45) is 7.05 Å². The third-order valence-electron chi connectivity index (χ3n) is 3.36. The van der Waals surface area contributed by atoms with Crippen LogP contribution in [0.1, 0.15) is 0 Å². The minimum absolute atomic E-state index is 0.0813. The summed E-state index contributed by atoms with van der Waals surface area (Å²) in [6.45, 7) is 3.47. The SMILES string of the molecule is Cn1c(N2CCNCC2)nc(-c2ccncn2)cc1=O. The summed E-state index contributed by atoms with van der Waals surface area (Å²) in [6.07, 6.45) is 3.10. The molecule has 1 N–H and O–H groups in total. The summed E-state index contributed by atoms with van der Waals surface area (Å²) in [4.78, 5) is 26.9. The Labute approximate surface area is 116 Å². The van der Waals surface area contributed by atoms with E-state index < -0.39 is 0 Å². The van der Waals surface area contributed by atoms with Crippen molar-refractivity contribution in [1.82, 2.24) is 24.8 Å². The average molecular weight is 272 g/mol. The minimum Gasteiger partial charge on any atom is -0.340 e. The molecule has 7 heteroatoms. The van der Waals surface area contributed by atoms with Gasteiger partial charge in [-0.15, -0.1) is 0 Å². The molecule has 20 heavy (non-hydrogen) atoms. The van der Waals surface area contributed by atoms with E-state index in [2.05, 4.69) is 25.2 Å². The highest BCUT2D eigenvalue weighted by Gasteiger charge is 2.16. The first-order valence-electron chi connectivity index (χ1n) is 6.56. The molecule has 0 radical (unpaired) electrons. The van der Waals surface area contributed by atoms with Gasteiger partial charge >= 0.3 is 0 Å². The molecule has 0 bridgehead atoms. The number of nitrogens with zero attached hydrogens (tertiary/aromatic N) is 5.